The first-order valence-corrected chi connectivity index (χ1v) is 3.55. The van der Waals surface area contributed by atoms with Crippen molar-refractivity contribution in [2.24, 2.45) is 12.0 Å². The number of nitrogens with two attached hydrogens (primary N) is 1. The van der Waals surface area contributed by atoms with Crippen molar-refractivity contribution in [3.05, 3.63) is 21.1 Å². The number of nitrogen functional groups attached to an aromatic ring is 1. The predicted molar refractivity (Wildman–Crippen MR) is 52.7 cm³/mol. The van der Waals surface area contributed by atoms with Gasteiger partial charge in [0.15, 0.2) is 5.82 Å². The quantitative estimate of drug-likeness (QED) is 0.516. The molecule has 0 aliphatic carbocycles. The molecular formula is C8H10N4O. The number of anilines is 1. The highest BCUT2D eigenvalue weighted by atomic mass is 16.1. The summed E-state index contributed by atoms with van der Waals surface area (Å²) in [5.74, 6) is -0.0650. The first-order valence-electron chi connectivity index (χ1n) is 3.55. The third kappa shape index (κ3) is 1.48. The molecule has 0 spiro atoms. The van der Waals surface area contributed by atoms with Crippen molar-refractivity contribution >= 4 is 25.3 Å². The van der Waals surface area contributed by atoms with Gasteiger partial charge in [-0.1, -0.05) is 6.58 Å². The van der Waals surface area contributed by atoms with Crippen LogP contribution in [0, 0.1) is 0 Å². The van der Waals surface area contributed by atoms with E-state index in [1.807, 2.05) is 0 Å². The van der Waals surface area contributed by atoms with E-state index in [1.165, 1.54) is 10.8 Å². The van der Waals surface area contributed by atoms with E-state index in [-0.39, 0.29) is 11.4 Å². The van der Waals surface area contributed by atoms with Gasteiger partial charge in [-0.3, -0.25) is 9.79 Å². The summed E-state index contributed by atoms with van der Waals surface area (Å²) in [5.41, 5.74) is 5.01. The van der Waals surface area contributed by atoms with Crippen molar-refractivity contribution in [2.45, 2.75) is 0 Å². The van der Waals surface area contributed by atoms with Crippen LogP contribution in [0.5, 0.6) is 0 Å². The summed E-state index contributed by atoms with van der Waals surface area (Å²) in [6.45, 7) is 6.94. The van der Waals surface area contributed by atoms with E-state index in [2.05, 4.69) is 23.3 Å². The first kappa shape index (κ1) is 9.18. The average molecular weight is 178 g/mol. The van der Waals surface area contributed by atoms with E-state index < -0.39 is 0 Å². The highest BCUT2D eigenvalue weighted by Gasteiger charge is 1.99. The third-order valence-electron chi connectivity index (χ3n) is 1.68. The van der Waals surface area contributed by atoms with Gasteiger partial charge in [0.1, 0.15) is 5.35 Å². The van der Waals surface area contributed by atoms with Crippen molar-refractivity contribution in [2.75, 3.05) is 5.73 Å². The summed E-state index contributed by atoms with van der Waals surface area (Å²) in [5, 5.41) is 0.918. The van der Waals surface area contributed by atoms with E-state index >= 15 is 0 Å². The smallest absolute Gasteiger partial charge is 0.293 e. The van der Waals surface area contributed by atoms with Crippen molar-refractivity contribution in [1.82, 2.24) is 9.55 Å². The second-order valence-corrected chi connectivity index (χ2v) is 2.50. The van der Waals surface area contributed by atoms with Crippen LogP contribution in [0.1, 0.15) is 0 Å². The Morgan fingerprint density at radius 3 is 2.85 bits per heavy atom. The Balaban J connectivity index is 3.81. The Hall–Kier alpha value is -1.91. The SMILES string of the molecule is C=NC=c1nc(N)c(=O)n(C)c1=C. The number of hydrogen-bond donors (Lipinski definition) is 1. The zero-order chi connectivity index (χ0) is 10.0. The standard InChI is InChI=1S/C8H10N4O/c1-5-6(4-10-2)11-7(9)8(13)12(5)3/h4H,1-2H2,3H3,(H2,9,11). The molecule has 0 unspecified atom stereocenters. The van der Waals surface area contributed by atoms with E-state index in [0.717, 1.165) is 0 Å². The molecule has 1 rings (SSSR count). The maximum absolute atomic E-state index is 11.2. The average Bonchev–Trinajstić information content (AvgIpc) is 2.11. The molecule has 1 aromatic rings. The molecule has 0 amide bonds. The number of rotatable bonds is 1. The van der Waals surface area contributed by atoms with Gasteiger partial charge in [0.2, 0.25) is 0 Å². The lowest BCUT2D eigenvalue weighted by Gasteiger charge is -1.99. The molecule has 1 aromatic heterocycles. The molecule has 0 atom stereocenters. The summed E-state index contributed by atoms with van der Waals surface area (Å²) in [7, 11) is 1.57. The molecule has 0 bridgehead atoms. The van der Waals surface area contributed by atoms with Crippen LogP contribution < -0.4 is 22.0 Å². The van der Waals surface area contributed by atoms with Gasteiger partial charge >= 0.3 is 0 Å². The highest BCUT2D eigenvalue weighted by molar-refractivity contribution is 5.36. The van der Waals surface area contributed by atoms with Crippen LogP contribution in [0.25, 0.3) is 12.8 Å². The maximum atomic E-state index is 11.2. The minimum absolute atomic E-state index is 0.0650. The van der Waals surface area contributed by atoms with E-state index in [4.69, 9.17) is 5.73 Å². The molecular weight excluding hydrogens is 168 g/mol. The summed E-state index contributed by atoms with van der Waals surface area (Å²) in [4.78, 5) is 18.6. The van der Waals surface area contributed by atoms with Crippen LogP contribution in [0.3, 0.4) is 0 Å². The zero-order valence-electron chi connectivity index (χ0n) is 7.32. The largest absolute Gasteiger partial charge is 0.379 e. The van der Waals surface area contributed by atoms with E-state index in [0.29, 0.717) is 10.7 Å². The highest BCUT2D eigenvalue weighted by Crippen LogP contribution is 1.73. The Labute approximate surface area is 74.6 Å². The van der Waals surface area contributed by atoms with Crippen molar-refractivity contribution in [3.8, 4) is 0 Å². The molecule has 0 saturated heterocycles. The lowest BCUT2D eigenvalue weighted by molar-refractivity contribution is 0.801. The van der Waals surface area contributed by atoms with Gasteiger partial charge in [-0.15, -0.1) is 0 Å². The summed E-state index contributed by atoms with van der Waals surface area (Å²) in [6, 6.07) is 0. The second kappa shape index (κ2) is 3.22. The van der Waals surface area contributed by atoms with Crippen molar-refractivity contribution in [1.29, 1.82) is 0 Å². The molecule has 5 heteroatoms. The van der Waals surface area contributed by atoms with Gasteiger partial charge in [-0.05, 0) is 6.72 Å². The second-order valence-electron chi connectivity index (χ2n) is 2.50. The number of aromatic nitrogens is 2. The Morgan fingerprint density at radius 1 is 1.69 bits per heavy atom. The molecule has 0 radical (unpaired) electrons. The molecule has 0 fully saturated rings. The number of hydrogen-bond acceptors (Lipinski definition) is 4. The fraction of sp³-hybridized carbons (Fsp3) is 0.125. The molecule has 1 heterocycles. The maximum Gasteiger partial charge on any atom is 0.293 e. The molecule has 68 valence electrons. The molecule has 5 nitrogen and oxygen atoms in total. The Bertz CT molecular complexity index is 500. The monoisotopic (exact) mass is 178 g/mol. The molecule has 13 heavy (non-hydrogen) atoms. The Morgan fingerprint density at radius 2 is 2.31 bits per heavy atom. The Kier molecular flexibility index (Phi) is 2.27. The van der Waals surface area contributed by atoms with Gasteiger partial charge < -0.3 is 10.3 Å². The first-order chi connectivity index (χ1) is 6.07. The fourth-order valence-electron chi connectivity index (χ4n) is 0.898. The normalized spacial score (nSPS) is 11.6. The minimum atomic E-state index is -0.355. The molecule has 0 saturated carbocycles. The van der Waals surface area contributed by atoms with Crippen LogP contribution >= 0.6 is 0 Å². The van der Waals surface area contributed by atoms with Crippen LogP contribution in [-0.2, 0) is 7.05 Å². The van der Waals surface area contributed by atoms with Gasteiger partial charge in [0.05, 0.1) is 11.5 Å². The lowest BCUT2D eigenvalue weighted by Crippen LogP contribution is -2.44. The summed E-state index contributed by atoms with van der Waals surface area (Å²) < 4.78 is 1.32. The van der Waals surface area contributed by atoms with Crippen LogP contribution in [-0.4, -0.2) is 16.3 Å². The third-order valence-corrected chi connectivity index (χ3v) is 1.68. The van der Waals surface area contributed by atoms with Gasteiger partial charge in [-0.25, -0.2) is 4.98 Å². The topological polar surface area (TPSA) is 73.3 Å². The zero-order valence-corrected chi connectivity index (χ0v) is 7.32. The van der Waals surface area contributed by atoms with Crippen molar-refractivity contribution in [3.63, 3.8) is 0 Å². The van der Waals surface area contributed by atoms with Crippen LogP contribution in [0.2, 0.25) is 0 Å². The lowest BCUT2D eigenvalue weighted by atomic mass is 10.5. The van der Waals surface area contributed by atoms with Gasteiger partial charge in [0.25, 0.3) is 5.56 Å². The van der Waals surface area contributed by atoms with Crippen LogP contribution in [0.15, 0.2) is 9.79 Å². The van der Waals surface area contributed by atoms with Gasteiger partial charge in [0, 0.05) is 7.05 Å². The molecule has 2 N–H and O–H groups in total. The fourth-order valence-corrected chi connectivity index (χ4v) is 0.898. The molecule has 0 aromatic carbocycles. The number of aliphatic imine (C=N–C) groups is 1. The predicted octanol–water partition coefficient (Wildman–Crippen LogP) is -1.79. The molecule has 0 aliphatic heterocycles. The van der Waals surface area contributed by atoms with Crippen LogP contribution in [0.4, 0.5) is 5.82 Å². The summed E-state index contributed by atoms with van der Waals surface area (Å²) in [6.07, 6.45) is 1.40. The van der Waals surface area contributed by atoms with E-state index in [1.54, 1.807) is 7.05 Å². The summed E-state index contributed by atoms with van der Waals surface area (Å²) >= 11 is 0. The molecule has 0 aliphatic rings. The van der Waals surface area contributed by atoms with Gasteiger partial charge in [-0.2, -0.15) is 0 Å². The van der Waals surface area contributed by atoms with Crippen molar-refractivity contribution < 1.29 is 0 Å². The van der Waals surface area contributed by atoms with E-state index in [9.17, 15) is 4.79 Å². The minimum Gasteiger partial charge on any atom is -0.379 e. The number of nitrogens with zero attached hydrogens (tertiary/aromatic N) is 3.